The first-order valence-electron chi connectivity index (χ1n) is 5.76. The van der Waals surface area contributed by atoms with Gasteiger partial charge in [0, 0.05) is 12.1 Å². The van der Waals surface area contributed by atoms with Gasteiger partial charge in [0.25, 0.3) is 0 Å². The van der Waals surface area contributed by atoms with Gasteiger partial charge in [-0.2, -0.15) is 8.42 Å². The SMILES string of the molecule is CC(C)(C)OC(=O)NCc1ccccc1OS(=O)(=O)F. The minimum absolute atomic E-state index is 0.0550. The van der Waals surface area contributed by atoms with Crippen LogP contribution < -0.4 is 9.50 Å². The van der Waals surface area contributed by atoms with Crippen LogP contribution in [0, 0.1) is 0 Å². The minimum atomic E-state index is -5.11. The Morgan fingerprint density at radius 1 is 1.30 bits per heavy atom. The number of hydrogen-bond acceptors (Lipinski definition) is 5. The van der Waals surface area contributed by atoms with Gasteiger partial charge in [-0.15, -0.1) is 0 Å². The van der Waals surface area contributed by atoms with Crippen LogP contribution in [-0.4, -0.2) is 20.1 Å². The Morgan fingerprint density at radius 2 is 1.90 bits per heavy atom. The molecule has 0 atom stereocenters. The quantitative estimate of drug-likeness (QED) is 0.863. The summed E-state index contributed by atoms with van der Waals surface area (Å²) in [5.74, 6) is -0.189. The van der Waals surface area contributed by atoms with Gasteiger partial charge in [-0.25, -0.2) is 4.79 Å². The first-order chi connectivity index (χ1) is 9.07. The van der Waals surface area contributed by atoms with E-state index in [0.717, 1.165) is 0 Å². The first-order valence-corrected chi connectivity index (χ1v) is 7.06. The summed E-state index contributed by atoms with van der Waals surface area (Å²) in [5.41, 5.74) is -0.345. The number of rotatable bonds is 4. The molecule has 6 nitrogen and oxygen atoms in total. The summed E-state index contributed by atoms with van der Waals surface area (Å²) >= 11 is 0. The van der Waals surface area contributed by atoms with Gasteiger partial charge in [0.15, 0.2) is 0 Å². The second-order valence-electron chi connectivity index (χ2n) is 4.94. The van der Waals surface area contributed by atoms with Crippen molar-refractivity contribution in [1.82, 2.24) is 5.32 Å². The van der Waals surface area contributed by atoms with Crippen LogP contribution in [0.3, 0.4) is 0 Å². The zero-order valence-corrected chi connectivity index (χ0v) is 12.2. The van der Waals surface area contributed by atoms with Crippen LogP contribution >= 0.6 is 0 Å². The van der Waals surface area contributed by atoms with Crippen molar-refractivity contribution < 1.29 is 26.0 Å². The second-order valence-corrected chi connectivity index (χ2v) is 5.89. The van der Waals surface area contributed by atoms with Gasteiger partial charge in [-0.3, -0.25) is 0 Å². The van der Waals surface area contributed by atoms with Crippen molar-refractivity contribution in [3.05, 3.63) is 29.8 Å². The summed E-state index contributed by atoms with van der Waals surface area (Å²) in [7, 11) is -5.11. The molecule has 0 fully saturated rings. The molecular formula is C12H16FNO5S. The van der Waals surface area contributed by atoms with Crippen LogP contribution in [0.15, 0.2) is 24.3 Å². The van der Waals surface area contributed by atoms with E-state index in [1.807, 2.05) is 0 Å². The standard InChI is InChI=1S/C12H16FNO5S/c1-12(2,3)18-11(15)14-8-9-6-4-5-7-10(9)19-20(13,16)17/h4-7H,8H2,1-3H3,(H,14,15). The number of carbonyl (C=O) groups is 1. The van der Waals surface area contributed by atoms with E-state index in [2.05, 4.69) is 9.50 Å². The van der Waals surface area contributed by atoms with Crippen LogP contribution in [0.5, 0.6) is 5.75 Å². The van der Waals surface area contributed by atoms with Gasteiger partial charge in [0.05, 0.1) is 0 Å². The lowest BCUT2D eigenvalue weighted by molar-refractivity contribution is 0.0523. The van der Waals surface area contributed by atoms with Gasteiger partial charge < -0.3 is 14.2 Å². The molecule has 0 radical (unpaired) electrons. The highest BCUT2D eigenvalue weighted by Crippen LogP contribution is 2.20. The van der Waals surface area contributed by atoms with E-state index in [4.69, 9.17) is 4.74 Å². The topological polar surface area (TPSA) is 81.7 Å². The average molecular weight is 305 g/mol. The molecule has 0 unspecified atom stereocenters. The fourth-order valence-corrected chi connectivity index (χ4v) is 1.70. The Balaban J connectivity index is 2.71. The molecule has 0 saturated heterocycles. The molecule has 20 heavy (non-hydrogen) atoms. The maximum absolute atomic E-state index is 12.5. The number of amides is 1. The zero-order chi connectivity index (χ0) is 15.4. The molecule has 0 spiro atoms. The van der Waals surface area contributed by atoms with Gasteiger partial charge in [-0.05, 0) is 26.8 Å². The third kappa shape index (κ3) is 6.37. The molecule has 8 heteroatoms. The Kier molecular flexibility index (Phi) is 4.93. The number of halogens is 1. The second kappa shape index (κ2) is 6.08. The summed E-state index contributed by atoms with van der Waals surface area (Å²) < 4.78 is 42.7. The Hall–Kier alpha value is -1.83. The Morgan fingerprint density at radius 3 is 2.45 bits per heavy atom. The number of alkyl carbamates (subject to hydrolysis) is 1. The summed E-state index contributed by atoms with van der Waals surface area (Å²) in [6.45, 7) is 5.07. The smallest absolute Gasteiger partial charge is 0.444 e. The summed E-state index contributed by atoms with van der Waals surface area (Å²) in [5, 5.41) is 2.42. The maximum Gasteiger partial charge on any atom is 0.488 e. The van der Waals surface area contributed by atoms with Crippen LogP contribution in [0.1, 0.15) is 26.3 Å². The lowest BCUT2D eigenvalue weighted by Crippen LogP contribution is -2.32. The molecule has 0 aromatic heterocycles. The molecule has 0 aliphatic carbocycles. The monoisotopic (exact) mass is 305 g/mol. The largest absolute Gasteiger partial charge is 0.488 e. The van der Waals surface area contributed by atoms with E-state index in [1.165, 1.54) is 18.2 Å². The molecule has 1 amide bonds. The number of benzene rings is 1. The van der Waals surface area contributed by atoms with Crippen molar-refractivity contribution in [2.24, 2.45) is 0 Å². The highest BCUT2D eigenvalue weighted by molar-refractivity contribution is 7.81. The predicted octanol–water partition coefficient (Wildman–Crippen LogP) is 2.30. The molecule has 1 aromatic rings. The third-order valence-corrected chi connectivity index (χ3v) is 2.36. The maximum atomic E-state index is 12.5. The lowest BCUT2D eigenvalue weighted by atomic mass is 10.2. The molecule has 0 heterocycles. The van der Waals surface area contributed by atoms with Crippen molar-refractivity contribution in [3.63, 3.8) is 0 Å². The minimum Gasteiger partial charge on any atom is -0.444 e. The molecule has 0 aliphatic heterocycles. The molecule has 1 rings (SSSR count). The molecular weight excluding hydrogens is 289 g/mol. The summed E-state index contributed by atoms with van der Waals surface area (Å²) in [6.07, 6.45) is -0.671. The number of ether oxygens (including phenoxy) is 1. The first kappa shape index (κ1) is 16.2. The van der Waals surface area contributed by atoms with Gasteiger partial charge in [0.1, 0.15) is 11.4 Å². The Bertz CT molecular complexity index is 580. The van der Waals surface area contributed by atoms with Crippen molar-refractivity contribution in [3.8, 4) is 5.75 Å². The van der Waals surface area contributed by atoms with Crippen LogP contribution in [0.4, 0.5) is 8.68 Å². The van der Waals surface area contributed by atoms with E-state index < -0.39 is 22.2 Å². The van der Waals surface area contributed by atoms with E-state index >= 15 is 0 Å². The van der Waals surface area contributed by atoms with Crippen molar-refractivity contribution in [1.29, 1.82) is 0 Å². The van der Waals surface area contributed by atoms with E-state index in [9.17, 15) is 17.1 Å². The number of hydrogen-bond donors (Lipinski definition) is 1. The van der Waals surface area contributed by atoms with Crippen LogP contribution in [-0.2, 0) is 21.8 Å². The highest BCUT2D eigenvalue weighted by Gasteiger charge is 2.17. The van der Waals surface area contributed by atoms with Gasteiger partial charge in [0.2, 0.25) is 0 Å². The summed E-state index contributed by atoms with van der Waals surface area (Å²) in [6, 6.07) is 5.86. The molecule has 1 N–H and O–H groups in total. The van der Waals surface area contributed by atoms with E-state index in [-0.39, 0.29) is 12.3 Å². The highest BCUT2D eigenvalue weighted by atomic mass is 32.3. The van der Waals surface area contributed by atoms with Crippen LogP contribution in [0.25, 0.3) is 0 Å². The number of para-hydroxylation sites is 1. The number of nitrogens with one attached hydrogen (secondary N) is 1. The molecule has 0 bridgehead atoms. The van der Waals surface area contributed by atoms with Crippen molar-refractivity contribution >= 4 is 16.6 Å². The van der Waals surface area contributed by atoms with E-state index in [1.54, 1.807) is 26.8 Å². The van der Waals surface area contributed by atoms with Gasteiger partial charge in [-0.1, -0.05) is 22.1 Å². The van der Waals surface area contributed by atoms with Crippen molar-refractivity contribution in [2.45, 2.75) is 32.9 Å². The Labute approximate surface area is 117 Å². The normalized spacial score (nSPS) is 11.8. The average Bonchev–Trinajstić information content (AvgIpc) is 2.23. The number of carbonyl (C=O) groups excluding carboxylic acids is 1. The third-order valence-electron chi connectivity index (χ3n) is 1.98. The summed E-state index contributed by atoms with van der Waals surface area (Å²) in [4.78, 5) is 11.5. The van der Waals surface area contributed by atoms with Gasteiger partial charge >= 0.3 is 16.6 Å². The molecule has 112 valence electrons. The van der Waals surface area contributed by atoms with Crippen LogP contribution in [0.2, 0.25) is 0 Å². The fraction of sp³-hybridized carbons (Fsp3) is 0.417. The molecule has 0 aliphatic rings. The van der Waals surface area contributed by atoms with E-state index in [0.29, 0.717) is 5.56 Å². The lowest BCUT2D eigenvalue weighted by Gasteiger charge is -2.19. The molecule has 1 aromatic carbocycles. The molecule has 0 saturated carbocycles. The predicted molar refractivity (Wildman–Crippen MR) is 70.2 cm³/mol. The fourth-order valence-electron chi connectivity index (χ4n) is 1.32. The van der Waals surface area contributed by atoms with Crippen molar-refractivity contribution in [2.75, 3.05) is 0 Å². The zero-order valence-electron chi connectivity index (χ0n) is 11.3.